The summed E-state index contributed by atoms with van der Waals surface area (Å²) in [6, 6.07) is 10.6. The summed E-state index contributed by atoms with van der Waals surface area (Å²) in [5.41, 5.74) is 1.79. The highest BCUT2D eigenvalue weighted by atomic mass is 35.5. The highest BCUT2D eigenvalue weighted by Crippen LogP contribution is 2.25. The molecule has 3 rings (SSSR count). The summed E-state index contributed by atoms with van der Waals surface area (Å²) in [6.45, 7) is 5.47. The zero-order valence-electron chi connectivity index (χ0n) is 17.0. The number of carbonyl (C=O) groups is 1. The Hall–Kier alpha value is -3.34. The Labute approximate surface area is 190 Å². The Kier molecular flexibility index (Phi) is 6.64. The van der Waals surface area contributed by atoms with Gasteiger partial charge in [0.25, 0.3) is 0 Å². The van der Waals surface area contributed by atoms with E-state index in [-0.39, 0.29) is 5.28 Å². The maximum atomic E-state index is 11.7. The molecule has 0 saturated heterocycles. The van der Waals surface area contributed by atoms with E-state index in [0.29, 0.717) is 22.2 Å². The van der Waals surface area contributed by atoms with Crippen LogP contribution in [0.15, 0.2) is 48.8 Å². The van der Waals surface area contributed by atoms with Gasteiger partial charge in [-0.25, -0.2) is 14.8 Å². The van der Waals surface area contributed by atoms with Crippen molar-refractivity contribution in [1.29, 1.82) is 0 Å². The van der Waals surface area contributed by atoms with Crippen molar-refractivity contribution >= 4 is 46.5 Å². The molecule has 0 fully saturated rings. The van der Waals surface area contributed by atoms with Crippen molar-refractivity contribution in [1.82, 2.24) is 15.0 Å². The number of carboxylic acid groups (broad SMARTS) is 1. The molecule has 0 atom stereocenters. The maximum absolute atomic E-state index is 11.7. The highest BCUT2D eigenvalue weighted by Gasteiger charge is 2.27. The van der Waals surface area contributed by atoms with Crippen LogP contribution >= 0.6 is 23.2 Å². The smallest absolute Gasteiger partial charge is 0.412 e. The molecule has 0 aliphatic heterocycles. The van der Waals surface area contributed by atoms with Crippen LogP contribution in [0.25, 0.3) is 0 Å². The SMILES string of the molecule is CC(C)(C)N(C(=O)O)c1ccnc(C#Cc2cccc(Nc3nc(Cl)ncc3Cl)c2)c1. The number of hydrogen-bond donors (Lipinski definition) is 2. The summed E-state index contributed by atoms with van der Waals surface area (Å²) >= 11 is 11.9. The molecule has 0 spiro atoms. The highest BCUT2D eigenvalue weighted by molar-refractivity contribution is 6.33. The predicted octanol–water partition coefficient (Wildman–Crippen LogP) is 5.60. The molecule has 2 aromatic heterocycles. The normalized spacial score (nSPS) is 10.7. The molecule has 158 valence electrons. The van der Waals surface area contributed by atoms with Crippen LogP contribution < -0.4 is 10.2 Å². The lowest BCUT2D eigenvalue weighted by molar-refractivity contribution is 0.195. The molecule has 0 radical (unpaired) electrons. The van der Waals surface area contributed by atoms with Crippen LogP contribution in [0, 0.1) is 11.8 Å². The lowest BCUT2D eigenvalue weighted by Crippen LogP contribution is -2.45. The van der Waals surface area contributed by atoms with Crippen LogP contribution in [0.2, 0.25) is 10.3 Å². The van der Waals surface area contributed by atoms with E-state index in [0.717, 1.165) is 11.3 Å². The van der Waals surface area contributed by atoms with Gasteiger partial charge in [0.1, 0.15) is 10.7 Å². The van der Waals surface area contributed by atoms with Crippen molar-refractivity contribution in [2.45, 2.75) is 26.3 Å². The van der Waals surface area contributed by atoms with Crippen LogP contribution in [-0.2, 0) is 0 Å². The molecule has 3 aromatic rings. The van der Waals surface area contributed by atoms with E-state index in [1.165, 1.54) is 11.1 Å². The lowest BCUT2D eigenvalue weighted by Gasteiger charge is -2.33. The third-order valence-electron chi connectivity index (χ3n) is 4.04. The number of hydrogen-bond acceptors (Lipinski definition) is 5. The van der Waals surface area contributed by atoms with Crippen molar-refractivity contribution in [2.24, 2.45) is 0 Å². The lowest BCUT2D eigenvalue weighted by atomic mass is 10.1. The van der Waals surface area contributed by atoms with Crippen molar-refractivity contribution < 1.29 is 9.90 Å². The van der Waals surface area contributed by atoms with E-state index in [2.05, 4.69) is 32.1 Å². The minimum absolute atomic E-state index is 0.0828. The Morgan fingerprint density at radius 1 is 1.13 bits per heavy atom. The molecule has 2 N–H and O–H groups in total. The average molecular weight is 456 g/mol. The van der Waals surface area contributed by atoms with E-state index >= 15 is 0 Å². The molecule has 7 nitrogen and oxygen atoms in total. The Bertz CT molecular complexity index is 1180. The van der Waals surface area contributed by atoms with Gasteiger partial charge in [-0.3, -0.25) is 4.90 Å². The van der Waals surface area contributed by atoms with Gasteiger partial charge < -0.3 is 10.4 Å². The summed E-state index contributed by atoms with van der Waals surface area (Å²) in [4.78, 5) is 25.1. The van der Waals surface area contributed by atoms with E-state index in [4.69, 9.17) is 23.2 Å². The molecular formula is C22H19Cl2N5O2. The topological polar surface area (TPSA) is 91.2 Å². The van der Waals surface area contributed by atoms with Gasteiger partial charge in [0.2, 0.25) is 5.28 Å². The van der Waals surface area contributed by atoms with Gasteiger partial charge in [-0.05, 0) is 68.6 Å². The molecular weight excluding hydrogens is 437 g/mol. The largest absolute Gasteiger partial charge is 0.465 e. The fourth-order valence-corrected chi connectivity index (χ4v) is 3.06. The zero-order valence-corrected chi connectivity index (χ0v) is 18.5. The quantitative estimate of drug-likeness (QED) is 0.394. The molecule has 9 heteroatoms. The summed E-state index contributed by atoms with van der Waals surface area (Å²) in [5, 5.41) is 13.1. The predicted molar refractivity (Wildman–Crippen MR) is 122 cm³/mol. The summed E-state index contributed by atoms with van der Waals surface area (Å²) in [5.74, 6) is 6.40. The van der Waals surface area contributed by atoms with Gasteiger partial charge in [0.05, 0.1) is 11.9 Å². The number of benzene rings is 1. The van der Waals surface area contributed by atoms with Gasteiger partial charge in [-0.1, -0.05) is 23.6 Å². The molecule has 0 bridgehead atoms. The molecule has 0 saturated carbocycles. The van der Waals surface area contributed by atoms with Crippen molar-refractivity contribution in [2.75, 3.05) is 10.2 Å². The van der Waals surface area contributed by atoms with Crippen molar-refractivity contribution in [3.05, 3.63) is 70.4 Å². The van der Waals surface area contributed by atoms with Crippen LogP contribution in [0.1, 0.15) is 32.0 Å². The van der Waals surface area contributed by atoms with Crippen molar-refractivity contribution in [3.8, 4) is 11.8 Å². The first-order valence-corrected chi connectivity index (χ1v) is 9.95. The second-order valence-corrected chi connectivity index (χ2v) is 8.22. The molecule has 0 aliphatic carbocycles. The summed E-state index contributed by atoms with van der Waals surface area (Å²) in [6.07, 6.45) is 1.92. The Morgan fingerprint density at radius 2 is 1.90 bits per heavy atom. The van der Waals surface area contributed by atoms with Gasteiger partial charge in [0, 0.05) is 23.0 Å². The van der Waals surface area contributed by atoms with Gasteiger partial charge in [-0.15, -0.1) is 0 Å². The van der Waals surface area contributed by atoms with Gasteiger partial charge >= 0.3 is 6.09 Å². The Balaban J connectivity index is 1.85. The summed E-state index contributed by atoms with van der Waals surface area (Å²) < 4.78 is 0. The number of anilines is 3. The number of amides is 1. The minimum Gasteiger partial charge on any atom is -0.465 e. The van der Waals surface area contributed by atoms with E-state index < -0.39 is 11.6 Å². The number of pyridine rings is 1. The molecule has 31 heavy (non-hydrogen) atoms. The molecule has 0 unspecified atom stereocenters. The molecule has 0 aliphatic rings. The van der Waals surface area contributed by atoms with Gasteiger partial charge in [-0.2, -0.15) is 4.98 Å². The van der Waals surface area contributed by atoms with E-state index in [1.807, 2.05) is 45.0 Å². The number of halogens is 2. The second-order valence-electron chi connectivity index (χ2n) is 7.48. The summed E-state index contributed by atoms with van der Waals surface area (Å²) in [7, 11) is 0. The first kappa shape index (κ1) is 22.3. The first-order valence-electron chi connectivity index (χ1n) is 9.20. The van der Waals surface area contributed by atoms with Crippen molar-refractivity contribution in [3.63, 3.8) is 0 Å². The fourth-order valence-electron chi connectivity index (χ4n) is 2.79. The van der Waals surface area contributed by atoms with Gasteiger partial charge in [0.15, 0.2) is 5.82 Å². The number of nitrogens with zero attached hydrogens (tertiary/aromatic N) is 4. The molecule has 2 heterocycles. The number of nitrogens with one attached hydrogen (secondary N) is 1. The number of rotatable bonds is 3. The Morgan fingerprint density at radius 3 is 2.61 bits per heavy atom. The van der Waals surface area contributed by atoms with Crippen LogP contribution in [-0.4, -0.2) is 31.7 Å². The standard InChI is InChI=1S/C22H19Cl2N5O2/c1-22(2,3)29(21(30)31)17-9-10-25-15(12-17)8-7-14-5-4-6-16(11-14)27-19-18(23)13-26-20(24)28-19/h4-6,9-13H,1-3H3,(H,30,31)(H,26,27,28). The maximum Gasteiger partial charge on any atom is 0.412 e. The van der Waals surface area contributed by atoms with Crippen LogP contribution in [0.4, 0.5) is 22.0 Å². The molecule has 1 amide bonds. The average Bonchev–Trinajstić information content (AvgIpc) is 2.68. The van der Waals surface area contributed by atoms with E-state index in [9.17, 15) is 9.90 Å². The third kappa shape index (κ3) is 5.85. The second kappa shape index (κ2) is 9.21. The molecule has 1 aromatic carbocycles. The van der Waals surface area contributed by atoms with E-state index in [1.54, 1.807) is 18.3 Å². The first-order chi connectivity index (χ1) is 14.6. The fraction of sp³-hybridized carbons (Fsp3) is 0.182. The zero-order chi connectivity index (χ0) is 22.6. The minimum atomic E-state index is -1.04. The monoisotopic (exact) mass is 455 g/mol. The van der Waals surface area contributed by atoms with Crippen LogP contribution in [0.3, 0.4) is 0 Å². The number of aromatic nitrogens is 3. The third-order valence-corrected chi connectivity index (χ3v) is 4.50. The van der Waals surface area contributed by atoms with Crippen LogP contribution in [0.5, 0.6) is 0 Å².